The first-order valence-corrected chi connectivity index (χ1v) is 9.94. The highest BCUT2D eigenvalue weighted by atomic mass is 79.9. The van der Waals surface area contributed by atoms with Gasteiger partial charge in [-0.15, -0.1) is 0 Å². The number of nitrogens with zero attached hydrogens (tertiary/aromatic N) is 2. The summed E-state index contributed by atoms with van der Waals surface area (Å²) < 4.78 is 18.4. The van der Waals surface area contributed by atoms with Crippen LogP contribution in [0.4, 0.5) is 0 Å². The molecule has 0 atom stereocenters. The Morgan fingerprint density at radius 1 is 1.12 bits per heavy atom. The predicted molar refractivity (Wildman–Crippen MR) is 103 cm³/mol. The van der Waals surface area contributed by atoms with Crippen LogP contribution in [0.2, 0.25) is 0 Å². The van der Waals surface area contributed by atoms with E-state index in [1.807, 2.05) is 25.1 Å². The minimum atomic E-state index is 0.649. The van der Waals surface area contributed by atoms with Gasteiger partial charge in [0, 0.05) is 18.1 Å². The van der Waals surface area contributed by atoms with E-state index >= 15 is 0 Å². The van der Waals surface area contributed by atoms with Crippen LogP contribution >= 0.6 is 31.9 Å². The summed E-state index contributed by atoms with van der Waals surface area (Å²) >= 11 is 7.15. The second-order valence-corrected chi connectivity index (χ2v) is 7.61. The minimum absolute atomic E-state index is 0.649. The lowest BCUT2D eigenvalue weighted by atomic mass is 10.1. The highest BCUT2D eigenvalue weighted by Crippen LogP contribution is 2.35. The smallest absolute Gasteiger partial charge is 0.216 e. The Bertz CT molecular complexity index is 736. The first kappa shape index (κ1) is 18.5. The standard InChI is InChI=1S/C18H20Br2N2O3/c1-12-9-14(25-22-12)5-3-2-4-7-23-17-15(19)10-13(11-16(17)20)18-21-6-8-24-18/h9-11H,2-8H2,1H3. The zero-order valence-electron chi connectivity index (χ0n) is 14.1. The Labute approximate surface area is 164 Å². The van der Waals surface area contributed by atoms with E-state index in [1.165, 1.54) is 0 Å². The molecule has 25 heavy (non-hydrogen) atoms. The van der Waals surface area contributed by atoms with Gasteiger partial charge < -0.3 is 14.0 Å². The fourth-order valence-corrected chi connectivity index (χ4v) is 4.03. The second kappa shape index (κ2) is 8.85. The summed E-state index contributed by atoms with van der Waals surface area (Å²) in [6.45, 7) is 3.98. The number of aryl methyl sites for hydroxylation is 2. The van der Waals surface area contributed by atoms with Crippen molar-refractivity contribution >= 4 is 37.8 Å². The van der Waals surface area contributed by atoms with Crippen LogP contribution in [0.5, 0.6) is 5.75 Å². The Kier molecular flexibility index (Phi) is 6.53. The lowest BCUT2D eigenvalue weighted by Gasteiger charge is -2.12. The van der Waals surface area contributed by atoms with Gasteiger partial charge in [0.05, 0.1) is 27.8 Å². The predicted octanol–water partition coefficient (Wildman–Crippen LogP) is 5.08. The van der Waals surface area contributed by atoms with Gasteiger partial charge in [-0.25, -0.2) is 4.99 Å². The SMILES string of the molecule is Cc1cc(CCCCCOc2c(Br)cc(C3=NCCO3)cc2Br)on1. The third kappa shape index (κ3) is 5.07. The highest BCUT2D eigenvalue weighted by Gasteiger charge is 2.15. The zero-order chi connectivity index (χ0) is 17.6. The Hall–Kier alpha value is -1.34. The van der Waals surface area contributed by atoms with E-state index in [4.69, 9.17) is 14.0 Å². The third-order valence-corrected chi connectivity index (χ3v) is 5.00. The summed E-state index contributed by atoms with van der Waals surface area (Å²) in [4.78, 5) is 4.34. The number of aliphatic imine (C=N–C) groups is 1. The molecule has 134 valence electrons. The molecule has 0 saturated heterocycles. The van der Waals surface area contributed by atoms with Crippen molar-refractivity contribution in [1.82, 2.24) is 5.16 Å². The van der Waals surface area contributed by atoms with Gasteiger partial charge >= 0.3 is 0 Å². The molecule has 0 spiro atoms. The molecule has 7 heteroatoms. The molecule has 5 nitrogen and oxygen atoms in total. The van der Waals surface area contributed by atoms with E-state index in [0.717, 1.165) is 63.9 Å². The van der Waals surface area contributed by atoms with Crippen LogP contribution < -0.4 is 4.74 Å². The molecule has 0 fully saturated rings. The minimum Gasteiger partial charge on any atom is -0.491 e. The van der Waals surface area contributed by atoms with Crippen molar-refractivity contribution in [3.63, 3.8) is 0 Å². The number of aromatic nitrogens is 1. The molecular weight excluding hydrogens is 452 g/mol. The molecule has 0 unspecified atom stereocenters. The van der Waals surface area contributed by atoms with Crippen molar-refractivity contribution in [2.75, 3.05) is 19.8 Å². The Balaban J connectivity index is 1.45. The van der Waals surface area contributed by atoms with Crippen molar-refractivity contribution in [2.45, 2.75) is 32.6 Å². The molecule has 1 aliphatic rings. The van der Waals surface area contributed by atoms with Gasteiger partial charge in [0.1, 0.15) is 18.1 Å². The van der Waals surface area contributed by atoms with E-state index in [9.17, 15) is 0 Å². The Morgan fingerprint density at radius 3 is 2.56 bits per heavy atom. The van der Waals surface area contributed by atoms with E-state index in [1.54, 1.807) is 0 Å². The van der Waals surface area contributed by atoms with Gasteiger partial charge in [-0.1, -0.05) is 5.16 Å². The summed E-state index contributed by atoms with van der Waals surface area (Å²) in [7, 11) is 0. The van der Waals surface area contributed by atoms with E-state index in [0.29, 0.717) is 19.1 Å². The first-order valence-electron chi connectivity index (χ1n) is 8.35. The molecule has 1 aromatic heterocycles. The van der Waals surface area contributed by atoms with Crippen LogP contribution in [0.25, 0.3) is 0 Å². The molecule has 0 bridgehead atoms. The summed E-state index contributed by atoms with van der Waals surface area (Å²) in [5.74, 6) is 2.46. The van der Waals surface area contributed by atoms with Crippen LogP contribution in [0.15, 0.2) is 36.7 Å². The topological polar surface area (TPSA) is 56.9 Å². The number of ether oxygens (including phenoxy) is 2. The van der Waals surface area contributed by atoms with Gasteiger partial charge in [0.15, 0.2) is 0 Å². The molecule has 2 heterocycles. The average molecular weight is 472 g/mol. The molecule has 1 aromatic carbocycles. The maximum absolute atomic E-state index is 5.93. The maximum Gasteiger partial charge on any atom is 0.216 e. The van der Waals surface area contributed by atoms with E-state index < -0.39 is 0 Å². The summed E-state index contributed by atoms with van der Waals surface area (Å²) in [5, 5.41) is 3.90. The van der Waals surface area contributed by atoms with Gasteiger partial charge in [0.25, 0.3) is 0 Å². The average Bonchev–Trinajstić information content (AvgIpc) is 3.24. The van der Waals surface area contributed by atoms with Gasteiger partial charge in [-0.2, -0.15) is 0 Å². The highest BCUT2D eigenvalue weighted by molar-refractivity contribution is 9.11. The number of unbranched alkanes of at least 4 members (excludes halogenated alkanes) is 2. The molecule has 1 aliphatic heterocycles. The molecular formula is C18H20Br2N2O3. The van der Waals surface area contributed by atoms with Crippen LogP contribution in [0.1, 0.15) is 36.3 Å². The van der Waals surface area contributed by atoms with Crippen molar-refractivity contribution in [2.24, 2.45) is 4.99 Å². The van der Waals surface area contributed by atoms with Crippen LogP contribution in [0.3, 0.4) is 0 Å². The van der Waals surface area contributed by atoms with Crippen LogP contribution in [0, 0.1) is 6.92 Å². The summed E-state index contributed by atoms with van der Waals surface area (Å²) in [6.07, 6.45) is 4.06. The fraction of sp³-hybridized carbons (Fsp3) is 0.444. The van der Waals surface area contributed by atoms with Gasteiger partial charge in [0.2, 0.25) is 5.90 Å². The molecule has 0 aliphatic carbocycles. The molecule has 0 N–H and O–H groups in total. The largest absolute Gasteiger partial charge is 0.491 e. The normalized spacial score (nSPS) is 13.6. The second-order valence-electron chi connectivity index (χ2n) is 5.90. The first-order chi connectivity index (χ1) is 12.1. The summed E-state index contributed by atoms with van der Waals surface area (Å²) in [6, 6.07) is 5.96. The van der Waals surface area contributed by atoms with E-state index in [2.05, 4.69) is 42.0 Å². The lowest BCUT2D eigenvalue weighted by molar-refractivity contribution is 0.300. The number of hydrogen-bond donors (Lipinski definition) is 0. The molecule has 3 rings (SSSR count). The maximum atomic E-state index is 5.93. The van der Waals surface area contributed by atoms with Crippen molar-refractivity contribution < 1.29 is 14.0 Å². The van der Waals surface area contributed by atoms with Gasteiger partial charge in [-0.3, -0.25) is 0 Å². The zero-order valence-corrected chi connectivity index (χ0v) is 17.2. The number of halogens is 2. The quantitative estimate of drug-likeness (QED) is 0.504. The monoisotopic (exact) mass is 470 g/mol. The van der Waals surface area contributed by atoms with Gasteiger partial charge in [-0.05, 0) is 70.2 Å². The van der Waals surface area contributed by atoms with Crippen molar-refractivity contribution in [1.29, 1.82) is 0 Å². The summed E-state index contributed by atoms with van der Waals surface area (Å²) in [5.41, 5.74) is 1.89. The fourth-order valence-electron chi connectivity index (χ4n) is 2.62. The van der Waals surface area contributed by atoms with Crippen LogP contribution in [-0.2, 0) is 11.2 Å². The lowest BCUT2D eigenvalue weighted by Crippen LogP contribution is -2.04. The van der Waals surface area contributed by atoms with Crippen molar-refractivity contribution in [3.05, 3.63) is 44.2 Å². The molecule has 0 amide bonds. The number of rotatable bonds is 8. The molecule has 0 saturated carbocycles. The van der Waals surface area contributed by atoms with Crippen molar-refractivity contribution in [3.8, 4) is 5.75 Å². The van der Waals surface area contributed by atoms with E-state index in [-0.39, 0.29) is 0 Å². The number of hydrogen-bond acceptors (Lipinski definition) is 5. The molecule has 0 radical (unpaired) electrons. The number of benzene rings is 1. The van der Waals surface area contributed by atoms with Crippen LogP contribution in [-0.4, -0.2) is 30.8 Å². The third-order valence-electron chi connectivity index (χ3n) is 3.82. The molecule has 2 aromatic rings. The Morgan fingerprint density at radius 2 is 1.92 bits per heavy atom.